The van der Waals surface area contributed by atoms with Gasteiger partial charge in [0.1, 0.15) is 5.82 Å². The molecule has 1 N–H and O–H groups in total. The number of nitrogens with one attached hydrogen (secondary N) is 1. The van der Waals surface area contributed by atoms with Gasteiger partial charge in [0.25, 0.3) is 0 Å². The molecular weight excluding hydrogens is 300 g/mol. The Morgan fingerprint density at radius 1 is 1.25 bits per heavy atom. The number of fused-ring (bicyclic) bond motifs is 2. The summed E-state index contributed by atoms with van der Waals surface area (Å²) in [5, 5.41) is 0. The molecule has 5 heteroatoms. The largest absolute Gasteiger partial charge is 0.342 e. The first-order chi connectivity index (χ1) is 11.5. The highest BCUT2D eigenvalue weighted by Gasteiger charge is 2.42. The number of pyridine rings is 1. The summed E-state index contributed by atoms with van der Waals surface area (Å²) in [6.07, 6.45) is 5.41. The normalized spacial score (nSPS) is 16.0. The maximum atomic E-state index is 12.4. The predicted octanol–water partition coefficient (Wildman–Crippen LogP) is 3.00. The molecular formula is C19H20N4O. The van der Waals surface area contributed by atoms with Crippen LogP contribution in [-0.2, 0) is 23.1 Å². The van der Waals surface area contributed by atoms with Gasteiger partial charge in [0, 0.05) is 31.5 Å². The zero-order valence-corrected chi connectivity index (χ0v) is 14.1. The van der Waals surface area contributed by atoms with E-state index in [0.29, 0.717) is 0 Å². The number of amides is 1. The van der Waals surface area contributed by atoms with E-state index < -0.39 is 5.41 Å². The monoisotopic (exact) mass is 320 g/mol. The highest BCUT2D eigenvalue weighted by atomic mass is 16.2. The number of nitrogens with zero attached hydrogens (tertiary/aromatic N) is 3. The first-order valence-electron chi connectivity index (χ1n) is 8.17. The molecule has 0 radical (unpaired) electrons. The van der Waals surface area contributed by atoms with Crippen molar-refractivity contribution in [1.82, 2.24) is 15.0 Å². The van der Waals surface area contributed by atoms with Crippen molar-refractivity contribution >= 4 is 22.6 Å². The number of aromatic nitrogens is 3. The van der Waals surface area contributed by atoms with E-state index in [1.165, 1.54) is 5.56 Å². The Labute approximate surface area is 140 Å². The minimum absolute atomic E-state index is 0.127. The molecule has 0 bridgehead atoms. The minimum Gasteiger partial charge on any atom is -0.342 e. The quantitative estimate of drug-likeness (QED) is 0.807. The third-order valence-electron chi connectivity index (χ3n) is 4.90. The highest BCUT2D eigenvalue weighted by molar-refractivity contribution is 6.09. The van der Waals surface area contributed by atoms with Crippen LogP contribution in [0.4, 0.5) is 5.69 Å². The van der Waals surface area contributed by atoms with E-state index in [1.54, 1.807) is 11.1 Å². The van der Waals surface area contributed by atoms with Gasteiger partial charge < -0.3 is 9.88 Å². The number of carbonyl (C=O) groups excluding carboxylic acids is 1. The van der Waals surface area contributed by atoms with Crippen molar-refractivity contribution in [2.75, 3.05) is 11.9 Å². The smallest absolute Gasteiger partial charge is 0.236 e. The fourth-order valence-electron chi connectivity index (χ4n) is 3.45. The summed E-state index contributed by atoms with van der Waals surface area (Å²) in [5.74, 6) is 1.09. The summed E-state index contributed by atoms with van der Waals surface area (Å²) in [4.78, 5) is 26.4. The average Bonchev–Trinajstić information content (AvgIpc) is 3.06. The molecule has 0 spiro atoms. The number of imidazole rings is 1. The lowest BCUT2D eigenvalue weighted by atomic mass is 9.86. The van der Waals surface area contributed by atoms with Gasteiger partial charge in [-0.25, -0.2) is 4.98 Å². The fraction of sp³-hybridized carbons (Fsp3) is 0.316. The van der Waals surface area contributed by atoms with Gasteiger partial charge in [-0.2, -0.15) is 0 Å². The van der Waals surface area contributed by atoms with Crippen LogP contribution < -0.4 is 4.90 Å². The minimum atomic E-state index is -0.493. The van der Waals surface area contributed by atoms with Crippen LogP contribution in [0.3, 0.4) is 0 Å². The molecule has 1 aliphatic rings. The maximum Gasteiger partial charge on any atom is 0.236 e. The molecule has 2 aromatic heterocycles. The molecule has 122 valence electrons. The molecule has 5 nitrogen and oxygen atoms in total. The third-order valence-corrected chi connectivity index (χ3v) is 4.90. The number of carbonyl (C=O) groups is 1. The Balaban J connectivity index is 1.67. The zero-order valence-electron chi connectivity index (χ0n) is 14.1. The van der Waals surface area contributed by atoms with Crippen LogP contribution in [0.5, 0.6) is 0 Å². The summed E-state index contributed by atoms with van der Waals surface area (Å²) in [6, 6.07) is 8.12. The summed E-state index contributed by atoms with van der Waals surface area (Å²) in [5.41, 5.74) is 4.63. The van der Waals surface area contributed by atoms with E-state index in [0.717, 1.165) is 41.0 Å². The number of H-pyrrole nitrogens is 1. The summed E-state index contributed by atoms with van der Waals surface area (Å²) < 4.78 is 0. The van der Waals surface area contributed by atoms with Gasteiger partial charge in [-0.15, -0.1) is 0 Å². The van der Waals surface area contributed by atoms with Crippen molar-refractivity contribution in [3.8, 4) is 0 Å². The van der Waals surface area contributed by atoms with E-state index in [9.17, 15) is 4.79 Å². The van der Waals surface area contributed by atoms with E-state index >= 15 is 0 Å². The van der Waals surface area contributed by atoms with Crippen LogP contribution in [0.2, 0.25) is 0 Å². The van der Waals surface area contributed by atoms with Gasteiger partial charge >= 0.3 is 0 Å². The van der Waals surface area contributed by atoms with E-state index in [1.807, 2.05) is 39.2 Å². The average molecular weight is 320 g/mol. The predicted molar refractivity (Wildman–Crippen MR) is 94.2 cm³/mol. The molecule has 0 aliphatic carbocycles. The van der Waals surface area contributed by atoms with Crippen LogP contribution in [-0.4, -0.2) is 27.9 Å². The number of aromatic amines is 1. The van der Waals surface area contributed by atoms with E-state index in [2.05, 4.69) is 22.1 Å². The van der Waals surface area contributed by atoms with E-state index in [4.69, 9.17) is 4.98 Å². The van der Waals surface area contributed by atoms with Gasteiger partial charge in [-0.05, 0) is 49.6 Å². The molecule has 0 unspecified atom stereocenters. The van der Waals surface area contributed by atoms with Crippen molar-refractivity contribution in [3.63, 3.8) is 0 Å². The second-order valence-corrected chi connectivity index (χ2v) is 6.92. The molecule has 3 aromatic rings. The van der Waals surface area contributed by atoms with Crippen molar-refractivity contribution in [1.29, 1.82) is 0 Å². The number of likely N-dealkylation sites (N-methyl/N-ethyl adjacent to an activating group) is 1. The summed E-state index contributed by atoms with van der Waals surface area (Å²) >= 11 is 0. The Bertz CT molecular complexity index is 927. The van der Waals surface area contributed by atoms with Crippen LogP contribution in [0.1, 0.15) is 30.8 Å². The number of rotatable bonds is 3. The molecule has 0 saturated heterocycles. The number of benzene rings is 1. The first-order valence-corrected chi connectivity index (χ1v) is 8.17. The number of hydrogen-bond donors (Lipinski definition) is 1. The Morgan fingerprint density at radius 2 is 2.08 bits per heavy atom. The molecule has 1 aliphatic heterocycles. The zero-order chi connectivity index (χ0) is 16.9. The second-order valence-electron chi connectivity index (χ2n) is 6.92. The number of hydrogen-bond acceptors (Lipinski definition) is 3. The first kappa shape index (κ1) is 14.9. The molecule has 1 aromatic carbocycles. The van der Waals surface area contributed by atoms with Crippen molar-refractivity contribution in [3.05, 3.63) is 53.6 Å². The van der Waals surface area contributed by atoms with Crippen LogP contribution in [0, 0.1) is 0 Å². The lowest BCUT2D eigenvalue weighted by Gasteiger charge is -2.16. The lowest BCUT2D eigenvalue weighted by Crippen LogP contribution is -2.33. The van der Waals surface area contributed by atoms with Gasteiger partial charge in [0.15, 0.2) is 0 Å². The Kier molecular flexibility index (Phi) is 3.20. The lowest BCUT2D eigenvalue weighted by molar-refractivity contribution is -0.121. The standard InChI is InChI=1S/C19H20N4O/c1-19(2)13-9-14-15(10-16(13)23(3)18(19)24)22-17(21-14)7-6-12-5-4-8-20-11-12/h4-5,8-11H,6-7H2,1-3H3,(H,21,22). The van der Waals surface area contributed by atoms with Gasteiger partial charge in [0.2, 0.25) is 5.91 Å². The Hall–Kier alpha value is -2.69. The van der Waals surface area contributed by atoms with Crippen LogP contribution in [0.25, 0.3) is 11.0 Å². The van der Waals surface area contributed by atoms with Crippen LogP contribution in [0.15, 0.2) is 36.7 Å². The maximum absolute atomic E-state index is 12.4. The highest BCUT2D eigenvalue weighted by Crippen LogP contribution is 2.42. The number of aryl methyl sites for hydroxylation is 2. The second kappa shape index (κ2) is 5.16. The molecule has 0 fully saturated rings. The molecule has 4 rings (SSSR count). The number of anilines is 1. The van der Waals surface area contributed by atoms with Crippen LogP contribution >= 0.6 is 0 Å². The Morgan fingerprint density at radius 3 is 2.83 bits per heavy atom. The van der Waals surface area contributed by atoms with E-state index in [-0.39, 0.29) is 5.91 Å². The molecule has 1 amide bonds. The molecule has 3 heterocycles. The van der Waals surface area contributed by atoms with Gasteiger partial charge in [0.05, 0.1) is 16.4 Å². The molecule has 24 heavy (non-hydrogen) atoms. The third kappa shape index (κ3) is 2.19. The van der Waals surface area contributed by atoms with Crippen molar-refractivity contribution in [2.24, 2.45) is 0 Å². The SMILES string of the molecule is CN1C(=O)C(C)(C)c2cc3nc(CCc4cccnc4)[nH]c3cc21. The summed E-state index contributed by atoms with van der Waals surface area (Å²) in [6.45, 7) is 3.94. The fourth-order valence-corrected chi connectivity index (χ4v) is 3.45. The van der Waals surface area contributed by atoms with Gasteiger partial charge in [-0.1, -0.05) is 6.07 Å². The van der Waals surface area contributed by atoms with Crippen molar-refractivity contribution < 1.29 is 4.79 Å². The van der Waals surface area contributed by atoms with Gasteiger partial charge in [-0.3, -0.25) is 9.78 Å². The molecule has 0 saturated carbocycles. The topological polar surface area (TPSA) is 61.9 Å². The molecule has 0 atom stereocenters. The summed E-state index contributed by atoms with van der Waals surface area (Å²) in [7, 11) is 1.83. The van der Waals surface area contributed by atoms with Crippen molar-refractivity contribution in [2.45, 2.75) is 32.1 Å².